The van der Waals surface area contributed by atoms with E-state index in [4.69, 9.17) is 0 Å². The standard InChI is InChI=1S/C29H29NO/c1-23(31)17-18-24-19-21-28(22-20-24)30-29(25-11-5-2-6-12-25,26-13-7-3-8-14-26)27-15-9-4-10-16-27/h2-16,19-23,30-31H,17-18H2,1H3. The molecule has 0 aliphatic heterocycles. The molecule has 1 unspecified atom stereocenters. The molecule has 4 rings (SSSR count). The van der Waals surface area contributed by atoms with Crippen LogP contribution in [0.15, 0.2) is 115 Å². The van der Waals surface area contributed by atoms with Gasteiger partial charge in [-0.25, -0.2) is 0 Å². The zero-order valence-electron chi connectivity index (χ0n) is 17.9. The van der Waals surface area contributed by atoms with Crippen molar-refractivity contribution in [1.29, 1.82) is 0 Å². The molecule has 0 aliphatic carbocycles. The fourth-order valence-corrected chi connectivity index (χ4v) is 4.13. The lowest BCUT2D eigenvalue weighted by atomic mass is 9.77. The smallest absolute Gasteiger partial charge is 0.114 e. The van der Waals surface area contributed by atoms with Gasteiger partial charge in [0.05, 0.1) is 6.10 Å². The van der Waals surface area contributed by atoms with Crippen LogP contribution in [0.5, 0.6) is 0 Å². The van der Waals surface area contributed by atoms with E-state index >= 15 is 0 Å². The molecule has 0 aromatic heterocycles. The van der Waals surface area contributed by atoms with Crippen molar-refractivity contribution in [3.63, 3.8) is 0 Å². The Morgan fingerprint density at radius 3 is 1.45 bits per heavy atom. The van der Waals surface area contributed by atoms with Gasteiger partial charge in [0.25, 0.3) is 0 Å². The van der Waals surface area contributed by atoms with Gasteiger partial charge in [0.15, 0.2) is 0 Å². The molecule has 31 heavy (non-hydrogen) atoms. The van der Waals surface area contributed by atoms with Gasteiger partial charge in [-0.05, 0) is 54.2 Å². The number of aliphatic hydroxyl groups excluding tert-OH is 1. The number of hydrogen-bond acceptors (Lipinski definition) is 2. The highest BCUT2D eigenvalue weighted by atomic mass is 16.3. The summed E-state index contributed by atoms with van der Waals surface area (Å²) in [5, 5.41) is 13.5. The van der Waals surface area contributed by atoms with Crippen LogP contribution in [0, 0.1) is 0 Å². The van der Waals surface area contributed by atoms with Gasteiger partial charge < -0.3 is 10.4 Å². The van der Waals surface area contributed by atoms with Crippen LogP contribution >= 0.6 is 0 Å². The molecule has 0 bridgehead atoms. The third-order valence-corrected chi connectivity index (χ3v) is 5.76. The summed E-state index contributed by atoms with van der Waals surface area (Å²) >= 11 is 0. The predicted octanol–water partition coefficient (Wildman–Crippen LogP) is 6.40. The average Bonchev–Trinajstić information content (AvgIpc) is 2.83. The Morgan fingerprint density at radius 1 is 0.645 bits per heavy atom. The molecule has 0 fully saturated rings. The maximum atomic E-state index is 9.59. The molecule has 1 atom stereocenters. The highest BCUT2D eigenvalue weighted by molar-refractivity contribution is 5.60. The molecule has 0 radical (unpaired) electrons. The third kappa shape index (κ3) is 4.70. The summed E-state index contributed by atoms with van der Waals surface area (Å²) < 4.78 is 0. The number of nitrogens with one attached hydrogen (secondary N) is 1. The zero-order chi connectivity index (χ0) is 21.5. The van der Waals surface area contributed by atoms with Gasteiger partial charge >= 0.3 is 0 Å². The molecule has 0 amide bonds. The van der Waals surface area contributed by atoms with Crippen LogP contribution in [0.25, 0.3) is 0 Å². The van der Waals surface area contributed by atoms with Gasteiger partial charge in [-0.15, -0.1) is 0 Å². The van der Waals surface area contributed by atoms with Gasteiger partial charge in [-0.1, -0.05) is 103 Å². The first-order valence-corrected chi connectivity index (χ1v) is 10.9. The van der Waals surface area contributed by atoms with Gasteiger partial charge in [0, 0.05) is 5.69 Å². The Kier molecular flexibility index (Phi) is 6.49. The summed E-state index contributed by atoms with van der Waals surface area (Å²) in [4.78, 5) is 0. The van der Waals surface area contributed by atoms with Crippen LogP contribution in [0.3, 0.4) is 0 Å². The highest BCUT2D eigenvalue weighted by Gasteiger charge is 2.36. The maximum absolute atomic E-state index is 9.59. The Morgan fingerprint density at radius 2 is 1.06 bits per heavy atom. The predicted molar refractivity (Wildman–Crippen MR) is 129 cm³/mol. The summed E-state index contributed by atoms with van der Waals surface area (Å²) in [5.41, 5.74) is 5.32. The summed E-state index contributed by atoms with van der Waals surface area (Å²) in [6.07, 6.45) is 1.37. The molecule has 156 valence electrons. The van der Waals surface area contributed by atoms with Crippen molar-refractivity contribution >= 4 is 5.69 Å². The number of anilines is 1. The number of hydrogen-bond donors (Lipinski definition) is 2. The molecule has 0 heterocycles. The first kappa shape index (κ1) is 20.9. The normalized spacial score (nSPS) is 12.3. The Hall–Kier alpha value is -3.36. The van der Waals surface area contributed by atoms with E-state index < -0.39 is 5.54 Å². The van der Waals surface area contributed by atoms with Crippen LogP contribution < -0.4 is 5.32 Å². The molecular weight excluding hydrogens is 378 g/mol. The molecule has 4 aromatic rings. The van der Waals surface area contributed by atoms with Gasteiger partial charge in [0.1, 0.15) is 5.54 Å². The van der Waals surface area contributed by atoms with Crippen LogP contribution in [-0.4, -0.2) is 11.2 Å². The largest absolute Gasteiger partial charge is 0.393 e. The monoisotopic (exact) mass is 407 g/mol. The molecule has 2 heteroatoms. The Labute approximate surface area is 185 Å². The quantitative estimate of drug-likeness (QED) is 0.331. The van der Waals surface area contributed by atoms with Crippen molar-refractivity contribution in [3.8, 4) is 0 Å². The zero-order valence-corrected chi connectivity index (χ0v) is 17.9. The molecule has 0 saturated carbocycles. The van der Waals surface area contributed by atoms with Gasteiger partial charge in [0.2, 0.25) is 0 Å². The molecule has 2 N–H and O–H groups in total. The fourth-order valence-electron chi connectivity index (χ4n) is 4.13. The summed E-state index contributed by atoms with van der Waals surface area (Å²) in [7, 11) is 0. The van der Waals surface area contributed by atoms with Gasteiger partial charge in [-0.2, -0.15) is 0 Å². The second kappa shape index (κ2) is 9.63. The first-order chi connectivity index (χ1) is 15.2. The SMILES string of the molecule is CC(O)CCc1ccc(NC(c2ccccc2)(c2ccccc2)c2ccccc2)cc1. The maximum Gasteiger partial charge on any atom is 0.114 e. The number of aryl methyl sites for hydroxylation is 1. The minimum absolute atomic E-state index is 0.278. The summed E-state index contributed by atoms with van der Waals surface area (Å²) in [6, 6.07) is 40.4. The average molecular weight is 408 g/mol. The van der Waals surface area contributed by atoms with Crippen molar-refractivity contribution in [2.24, 2.45) is 0 Å². The Bertz CT molecular complexity index is 961. The number of rotatable bonds is 8. The van der Waals surface area contributed by atoms with E-state index in [0.29, 0.717) is 0 Å². The van der Waals surface area contributed by atoms with Gasteiger partial charge in [-0.3, -0.25) is 0 Å². The first-order valence-electron chi connectivity index (χ1n) is 10.9. The van der Waals surface area contributed by atoms with E-state index in [1.54, 1.807) is 0 Å². The lowest BCUT2D eigenvalue weighted by Gasteiger charge is -2.38. The number of aliphatic hydroxyl groups is 1. The molecular formula is C29H29NO. The summed E-state index contributed by atoms with van der Waals surface area (Å²) in [5.74, 6) is 0. The van der Waals surface area contributed by atoms with Crippen molar-refractivity contribution < 1.29 is 5.11 Å². The van der Waals surface area contributed by atoms with E-state index in [-0.39, 0.29) is 6.10 Å². The van der Waals surface area contributed by atoms with E-state index in [1.807, 2.05) is 6.92 Å². The van der Waals surface area contributed by atoms with E-state index in [9.17, 15) is 5.11 Å². The second-order valence-electron chi connectivity index (χ2n) is 8.06. The van der Waals surface area contributed by atoms with Crippen molar-refractivity contribution in [1.82, 2.24) is 0 Å². The van der Waals surface area contributed by atoms with Crippen molar-refractivity contribution in [3.05, 3.63) is 138 Å². The Balaban J connectivity index is 1.81. The molecule has 4 aromatic carbocycles. The lowest BCUT2D eigenvalue weighted by molar-refractivity contribution is 0.185. The highest BCUT2D eigenvalue weighted by Crippen LogP contribution is 2.40. The van der Waals surface area contributed by atoms with Crippen molar-refractivity contribution in [2.45, 2.75) is 31.4 Å². The second-order valence-corrected chi connectivity index (χ2v) is 8.06. The molecule has 0 aliphatic rings. The fraction of sp³-hybridized carbons (Fsp3) is 0.172. The third-order valence-electron chi connectivity index (χ3n) is 5.76. The van der Waals surface area contributed by atoms with E-state index in [0.717, 1.165) is 18.5 Å². The van der Waals surface area contributed by atoms with Crippen LogP contribution in [0.1, 0.15) is 35.6 Å². The van der Waals surface area contributed by atoms with Crippen LogP contribution in [0.4, 0.5) is 5.69 Å². The summed E-state index contributed by atoms with van der Waals surface area (Å²) in [6.45, 7) is 1.84. The van der Waals surface area contributed by atoms with Crippen LogP contribution in [0.2, 0.25) is 0 Å². The molecule has 0 saturated heterocycles. The minimum Gasteiger partial charge on any atom is -0.393 e. The molecule has 2 nitrogen and oxygen atoms in total. The molecule has 0 spiro atoms. The topological polar surface area (TPSA) is 32.3 Å². The van der Waals surface area contributed by atoms with Crippen molar-refractivity contribution in [2.75, 3.05) is 5.32 Å². The minimum atomic E-state index is -0.523. The lowest BCUT2D eigenvalue weighted by Crippen LogP contribution is -2.38. The van der Waals surface area contributed by atoms with E-state index in [1.165, 1.54) is 22.3 Å². The number of benzene rings is 4. The van der Waals surface area contributed by atoms with Crippen LogP contribution in [-0.2, 0) is 12.0 Å². The van der Waals surface area contributed by atoms with E-state index in [2.05, 4.69) is 121 Å².